The Hall–Kier alpha value is -2.08. The number of aromatic nitrogens is 2. The summed E-state index contributed by atoms with van der Waals surface area (Å²) in [6.07, 6.45) is 7.48. The van der Waals surface area contributed by atoms with E-state index in [1.165, 1.54) is 27.8 Å². The average molecular weight is 437 g/mol. The molecule has 1 aromatic heterocycles. The topological polar surface area (TPSA) is 36.3 Å². The van der Waals surface area contributed by atoms with E-state index in [1.807, 2.05) is 24.3 Å². The molecule has 4 nitrogen and oxygen atoms in total. The van der Waals surface area contributed by atoms with Gasteiger partial charge in [0.25, 0.3) is 0 Å². The Bertz CT molecular complexity index is 972. The van der Waals surface area contributed by atoms with Crippen molar-refractivity contribution in [1.82, 2.24) is 9.55 Å². The molecule has 0 N–H and O–H groups in total. The van der Waals surface area contributed by atoms with Gasteiger partial charge in [0.2, 0.25) is 0 Å². The van der Waals surface area contributed by atoms with Crippen molar-refractivity contribution in [3.63, 3.8) is 0 Å². The van der Waals surface area contributed by atoms with E-state index in [0.29, 0.717) is 13.2 Å². The molecule has 0 spiro atoms. The Kier molecular flexibility index (Phi) is 7.16. The number of nitrogens with zero attached hydrogens (tertiary/aromatic N) is 2. The zero-order valence-corrected chi connectivity index (χ0v) is 19.5. The smallest absolute Gasteiger partial charge is 0.187 e. The van der Waals surface area contributed by atoms with E-state index in [1.54, 1.807) is 6.20 Å². The maximum absolute atomic E-state index is 6.57. The highest BCUT2D eigenvalue weighted by Gasteiger charge is 2.41. The van der Waals surface area contributed by atoms with Crippen molar-refractivity contribution in [2.75, 3.05) is 12.4 Å². The molecule has 5 heteroatoms. The van der Waals surface area contributed by atoms with Gasteiger partial charge in [-0.25, -0.2) is 4.98 Å². The summed E-state index contributed by atoms with van der Waals surface area (Å²) in [7, 11) is 0. The molecule has 164 valence electrons. The van der Waals surface area contributed by atoms with Crippen LogP contribution in [0, 0.1) is 20.8 Å². The van der Waals surface area contributed by atoms with Gasteiger partial charge in [-0.3, -0.25) is 0 Å². The van der Waals surface area contributed by atoms with Gasteiger partial charge in [-0.15, -0.1) is 0 Å². The van der Waals surface area contributed by atoms with Gasteiger partial charge in [0.05, 0.1) is 25.6 Å². The van der Waals surface area contributed by atoms with Crippen LogP contribution in [0.5, 0.6) is 0 Å². The van der Waals surface area contributed by atoms with Crippen LogP contribution < -0.4 is 0 Å². The summed E-state index contributed by atoms with van der Waals surface area (Å²) in [5, 5.41) is 0. The third-order valence-electron chi connectivity index (χ3n) is 5.88. The molecule has 2 heterocycles. The van der Waals surface area contributed by atoms with Gasteiger partial charge >= 0.3 is 0 Å². The molecule has 2 atom stereocenters. The maximum atomic E-state index is 6.57. The van der Waals surface area contributed by atoms with E-state index in [2.05, 4.69) is 72.8 Å². The largest absolute Gasteiger partial charge is 0.345 e. The Labute approximate surface area is 190 Å². The highest BCUT2D eigenvalue weighted by atomic mass is 32.2. The zero-order chi connectivity index (χ0) is 21.7. The normalized spacial score (nSPS) is 20.9. The SMILES string of the molecule is Cc1ccc(CCC2(Cn3ccnc3)OCC(CSCc3cc(C)ccc3C)O2)cc1. The summed E-state index contributed by atoms with van der Waals surface area (Å²) in [5.74, 6) is 1.34. The highest BCUT2D eigenvalue weighted by Crippen LogP contribution is 2.33. The summed E-state index contributed by atoms with van der Waals surface area (Å²) in [5.41, 5.74) is 6.68. The van der Waals surface area contributed by atoms with Crippen molar-refractivity contribution >= 4 is 11.8 Å². The fourth-order valence-electron chi connectivity index (χ4n) is 4.00. The van der Waals surface area contributed by atoms with Crippen LogP contribution in [0.1, 0.15) is 34.2 Å². The van der Waals surface area contributed by atoms with Crippen LogP contribution in [0.2, 0.25) is 0 Å². The summed E-state index contributed by atoms with van der Waals surface area (Å²) in [6.45, 7) is 7.76. The summed E-state index contributed by atoms with van der Waals surface area (Å²) < 4.78 is 15.0. The van der Waals surface area contributed by atoms with E-state index >= 15 is 0 Å². The van der Waals surface area contributed by atoms with Crippen molar-refractivity contribution in [3.8, 4) is 0 Å². The van der Waals surface area contributed by atoms with Crippen LogP contribution in [0.25, 0.3) is 0 Å². The number of benzene rings is 2. The van der Waals surface area contributed by atoms with Crippen LogP contribution in [0.4, 0.5) is 0 Å². The summed E-state index contributed by atoms with van der Waals surface area (Å²) in [4.78, 5) is 4.19. The molecular weight excluding hydrogens is 404 g/mol. The first kappa shape index (κ1) is 22.1. The molecule has 0 amide bonds. The molecule has 1 fully saturated rings. The molecule has 0 bridgehead atoms. The molecule has 2 unspecified atom stereocenters. The van der Waals surface area contributed by atoms with Gasteiger partial charge in [0.15, 0.2) is 5.79 Å². The second kappa shape index (κ2) is 10.0. The molecular formula is C26H32N2O2S. The zero-order valence-electron chi connectivity index (χ0n) is 18.7. The lowest BCUT2D eigenvalue weighted by Crippen LogP contribution is -2.37. The molecule has 1 saturated heterocycles. The fourth-order valence-corrected chi connectivity index (χ4v) is 5.07. The third kappa shape index (κ3) is 6.00. The molecule has 0 saturated carbocycles. The average Bonchev–Trinajstić information content (AvgIpc) is 3.41. The van der Waals surface area contributed by atoms with Gasteiger partial charge < -0.3 is 14.0 Å². The first-order valence-corrected chi connectivity index (χ1v) is 12.1. The Morgan fingerprint density at radius 2 is 1.90 bits per heavy atom. The first-order valence-electron chi connectivity index (χ1n) is 11.0. The maximum Gasteiger partial charge on any atom is 0.187 e. The Balaban J connectivity index is 1.36. The standard InChI is InChI=1S/C26H32N2O2S/c1-20-5-8-23(9-6-20)10-11-26(18-28-13-12-27-19-28)29-15-25(30-26)17-31-16-24-14-21(2)4-7-22(24)3/h4-9,12-14,19,25H,10-11,15-18H2,1-3H3. The third-order valence-corrected chi connectivity index (χ3v) is 7.00. The molecule has 1 aliphatic heterocycles. The minimum Gasteiger partial charge on any atom is -0.345 e. The molecule has 4 rings (SSSR count). The van der Waals surface area contributed by atoms with Crippen LogP contribution in [-0.4, -0.2) is 33.8 Å². The van der Waals surface area contributed by atoms with Crippen molar-refractivity contribution < 1.29 is 9.47 Å². The van der Waals surface area contributed by atoms with E-state index < -0.39 is 5.79 Å². The quantitative estimate of drug-likeness (QED) is 0.445. The summed E-state index contributed by atoms with van der Waals surface area (Å²) >= 11 is 1.93. The van der Waals surface area contributed by atoms with Crippen molar-refractivity contribution in [1.29, 1.82) is 0 Å². The molecule has 31 heavy (non-hydrogen) atoms. The molecule has 3 aromatic rings. The highest BCUT2D eigenvalue weighted by molar-refractivity contribution is 7.98. The second-order valence-electron chi connectivity index (χ2n) is 8.63. The van der Waals surface area contributed by atoms with Crippen LogP contribution >= 0.6 is 11.8 Å². The molecule has 2 aromatic carbocycles. The van der Waals surface area contributed by atoms with Gasteiger partial charge in [-0.05, 0) is 43.9 Å². The molecule has 0 aliphatic carbocycles. The lowest BCUT2D eigenvalue weighted by molar-refractivity contribution is -0.180. The van der Waals surface area contributed by atoms with E-state index in [-0.39, 0.29) is 6.10 Å². The number of ether oxygens (including phenoxy) is 2. The van der Waals surface area contributed by atoms with Crippen molar-refractivity contribution in [2.24, 2.45) is 0 Å². The lowest BCUT2D eigenvalue weighted by Gasteiger charge is -2.28. The number of aryl methyl sites for hydroxylation is 4. The molecule has 0 radical (unpaired) electrons. The number of imidazole rings is 1. The number of rotatable bonds is 9. The monoisotopic (exact) mass is 436 g/mol. The van der Waals surface area contributed by atoms with Gasteiger partial charge in [0, 0.05) is 30.3 Å². The Morgan fingerprint density at radius 1 is 1.10 bits per heavy atom. The summed E-state index contributed by atoms with van der Waals surface area (Å²) in [6, 6.07) is 15.4. The predicted molar refractivity (Wildman–Crippen MR) is 127 cm³/mol. The van der Waals surface area contributed by atoms with Crippen molar-refractivity contribution in [2.45, 2.75) is 57.8 Å². The number of thioether (sulfide) groups is 1. The van der Waals surface area contributed by atoms with Crippen LogP contribution in [0.15, 0.2) is 61.2 Å². The minimum absolute atomic E-state index is 0.108. The fraction of sp³-hybridized carbons (Fsp3) is 0.423. The first-order chi connectivity index (χ1) is 15.0. The van der Waals surface area contributed by atoms with E-state index in [9.17, 15) is 0 Å². The van der Waals surface area contributed by atoms with Gasteiger partial charge in [-0.2, -0.15) is 11.8 Å². The second-order valence-corrected chi connectivity index (χ2v) is 9.66. The van der Waals surface area contributed by atoms with Gasteiger partial charge in [-0.1, -0.05) is 53.6 Å². The van der Waals surface area contributed by atoms with Crippen LogP contribution in [-0.2, 0) is 28.2 Å². The van der Waals surface area contributed by atoms with Gasteiger partial charge in [0.1, 0.15) is 0 Å². The van der Waals surface area contributed by atoms with E-state index in [0.717, 1.165) is 24.3 Å². The van der Waals surface area contributed by atoms with Crippen molar-refractivity contribution in [3.05, 3.63) is 89.0 Å². The molecule has 1 aliphatic rings. The Morgan fingerprint density at radius 3 is 2.68 bits per heavy atom. The number of hydrogen-bond donors (Lipinski definition) is 0. The van der Waals surface area contributed by atoms with Crippen LogP contribution in [0.3, 0.4) is 0 Å². The van der Waals surface area contributed by atoms with E-state index in [4.69, 9.17) is 9.47 Å². The number of hydrogen-bond acceptors (Lipinski definition) is 4. The lowest BCUT2D eigenvalue weighted by atomic mass is 10.0. The predicted octanol–water partition coefficient (Wildman–Crippen LogP) is 5.49. The minimum atomic E-state index is -0.601.